The molecule has 52 valence electrons. The summed E-state index contributed by atoms with van der Waals surface area (Å²) in [5.41, 5.74) is 0.111. The van der Waals surface area contributed by atoms with Gasteiger partial charge in [0.05, 0.1) is 0 Å². The molecule has 1 saturated carbocycles. The summed E-state index contributed by atoms with van der Waals surface area (Å²) in [4.78, 5) is 11.0. The normalized spacial score (nSPS) is 22.2. The molecule has 0 aromatic rings. The summed E-state index contributed by atoms with van der Waals surface area (Å²) in [5.74, 6) is 0.938. The van der Waals surface area contributed by atoms with Crippen LogP contribution < -0.4 is 0 Å². The monoisotopic (exact) mass is 126 g/mol. The van der Waals surface area contributed by atoms with Gasteiger partial charge in [-0.25, -0.2) is 0 Å². The van der Waals surface area contributed by atoms with E-state index < -0.39 is 0 Å². The van der Waals surface area contributed by atoms with Crippen molar-refractivity contribution in [2.75, 3.05) is 0 Å². The number of Topliss-reactive ketones (excluding diaryl/α,β-unsaturated/α-hetero) is 1. The third kappa shape index (κ3) is 0.887. The first-order valence-corrected chi connectivity index (χ1v) is 3.60. The number of hydrogen-bond donors (Lipinski definition) is 0. The van der Waals surface area contributed by atoms with Crippen molar-refractivity contribution < 1.29 is 4.79 Å². The zero-order chi connectivity index (χ0) is 7.07. The summed E-state index contributed by atoms with van der Waals surface area (Å²) >= 11 is 0. The van der Waals surface area contributed by atoms with E-state index in [0.29, 0.717) is 11.7 Å². The summed E-state index contributed by atoms with van der Waals surface area (Å²) in [6, 6.07) is 0. The largest absolute Gasteiger partial charge is 0.299 e. The smallest absolute Gasteiger partial charge is 0.136 e. The molecule has 9 heavy (non-hydrogen) atoms. The average molecular weight is 126 g/mol. The average Bonchev–Trinajstić information content (AvgIpc) is 2.40. The van der Waals surface area contributed by atoms with E-state index in [1.54, 1.807) is 6.92 Å². The van der Waals surface area contributed by atoms with E-state index in [2.05, 4.69) is 13.8 Å². The van der Waals surface area contributed by atoms with Crippen molar-refractivity contribution in [1.82, 2.24) is 0 Å². The maximum absolute atomic E-state index is 11.0. The summed E-state index contributed by atoms with van der Waals surface area (Å²) in [7, 11) is 0. The third-order valence-electron chi connectivity index (χ3n) is 2.60. The lowest BCUT2D eigenvalue weighted by Crippen LogP contribution is -2.18. The topological polar surface area (TPSA) is 17.1 Å². The fraction of sp³-hybridized carbons (Fsp3) is 0.875. The van der Waals surface area contributed by atoms with Gasteiger partial charge in [0, 0.05) is 5.41 Å². The molecule has 1 rings (SSSR count). The summed E-state index contributed by atoms with van der Waals surface area (Å²) < 4.78 is 0. The molecule has 1 nitrogen and oxygen atoms in total. The minimum Gasteiger partial charge on any atom is -0.299 e. The Kier molecular flexibility index (Phi) is 1.38. The molecule has 0 atom stereocenters. The zero-order valence-corrected chi connectivity index (χ0v) is 6.40. The van der Waals surface area contributed by atoms with E-state index in [9.17, 15) is 4.79 Å². The van der Waals surface area contributed by atoms with Crippen LogP contribution in [-0.4, -0.2) is 5.78 Å². The molecule has 0 aliphatic heterocycles. The van der Waals surface area contributed by atoms with Gasteiger partial charge in [0.15, 0.2) is 0 Å². The van der Waals surface area contributed by atoms with Gasteiger partial charge in [0.25, 0.3) is 0 Å². The van der Waals surface area contributed by atoms with Crippen LogP contribution in [0.1, 0.15) is 33.6 Å². The molecule has 1 aliphatic carbocycles. The molecule has 0 spiro atoms. The first-order chi connectivity index (χ1) is 4.09. The predicted octanol–water partition coefficient (Wildman–Crippen LogP) is 2.01. The van der Waals surface area contributed by atoms with Crippen molar-refractivity contribution in [2.24, 2.45) is 11.3 Å². The van der Waals surface area contributed by atoms with Gasteiger partial charge in [0.1, 0.15) is 5.78 Å². The van der Waals surface area contributed by atoms with E-state index in [1.807, 2.05) is 0 Å². The van der Waals surface area contributed by atoms with E-state index in [-0.39, 0.29) is 5.41 Å². The molecule has 1 fully saturated rings. The van der Waals surface area contributed by atoms with Crippen molar-refractivity contribution in [3.8, 4) is 0 Å². The predicted molar refractivity (Wildman–Crippen MR) is 37.2 cm³/mol. The van der Waals surface area contributed by atoms with Crippen molar-refractivity contribution in [2.45, 2.75) is 33.6 Å². The van der Waals surface area contributed by atoms with E-state index in [1.165, 1.54) is 0 Å². The molecule has 0 amide bonds. The van der Waals surface area contributed by atoms with Crippen LogP contribution in [0.3, 0.4) is 0 Å². The Balaban J connectivity index is 2.63. The van der Waals surface area contributed by atoms with Crippen molar-refractivity contribution in [1.29, 1.82) is 0 Å². The standard InChI is InChI=1S/C8H14O/c1-6(2)8(4-5-8)7(3)9/h6H,4-5H2,1-3H3. The highest BCUT2D eigenvalue weighted by molar-refractivity contribution is 5.85. The maximum Gasteiger partial charge on any atom is 0.136 e. The third-order valence-corrected chi connectivity index (χ3v) is 2.60. The van der Waals surface area contributed by atoms with Crippen molar-refractivity contribution in [3.05, 3.63) is 0 Å². The van der Waals surface area contributed by atoms with E-state index in [0.717, 1.165) is 12.8 Å². The Morgan fingerprint density at radius 2 is 1.89 bits per heavy atom. The maximum atomic E-state index is 11.0. The Hall–Kier alpha value is -0.330. The Labute approximate surface area is 56.4 Å². The zero-order valence-electron chi connectivity index (χ0n) is 6.40. The van der Waals surface area contributed by atoms with Crippen LogP contribution in [0.15, 0.2) is 0 Å². The SMILES string of the molecule is CC(=O)C1(C(C)C)CC1. The van der Waals surface area contributed by atoms with E-state index >= 15 is 0 Å². The molecule has 1 heteroatoms. The van der Waals surface area contributed by atoms with E-state index in [4.69, 9.17) is 0 Å². The van der Waals surface area contributed by atoms with Crippen LogP contribution in [0, 0.1) is 11.3 Å². The van der Waals surface area contributed by atoms with Crippen LogP contribution in [-0.2, 0) is 4.79 Å². The van der Waals surface area contributed by atoms with Gasteiger partial charge < -0.3 is 0 Å². The number of carbonyl (C=O) groups excluding carboxylic acids is 1. The molecule has 0 saturated heterocycles. The number of ketones is 1. The first-order valence-electron chi connectivity index (χ1n) is 3.60. The second-order valence-electron chi connectivity index (χ2n) is 3.37. The lowest BCUT2D eigenvalue weighted by atomic mass is 9.89. The first kappa shape index (κ1) is 6.79. The molecular weight excluding hydrogens is 112 g/mol. The van der Waals surface area contributed by atoms with Gasteiger partial charge in [-0.15, -0.1) is 0 Å². The van der Waals surface area contributed by atoms with Crippen LogP contribution in [0.25, 0.3) is 0 Å². The van der Waals surface area contributed by atoms with Gasteiger partial charge in [0.2, 0.25) is 0 Å². The number of rotatable bonds is 2. The second-order valence-corrected chi connectivity index (χ2v) is 3.37. The molecule has 0 unspecified atom stereocenters. The second kappa shape index (κ2) is 1.83. The summed E-state index contributed by atoms with van der Waals surface area (Å²) in [6.45, 7) is 5.98. The fourth-order valence-corrected chi connectivity index (χ4v) is 1.47. The molecule has 0 aromatic carbocycles. The molecule has 1 aliphatic rings. The lowest BCUT2D eigenvalue weighted by molar-refractivity contribution is -0.123. The molecule has 0 N–H and O–H groups in total. The Morgan fingerprint density at radius 1 is 1.44 bits per heavy atom. The Bertz CT molecular complexity index is 132. The van der Waals surface area contributed by atoms with Gasteiger partial charge >= 0.3 is 0 Å². The quantitative estimate of drug-likeness (QED) is 0.553. The molecular formula is C8H14O. The van der Waals surface area contributed by atoms with Crippen LogP contribution in [0.2, 0.25) is 0 Å². The molecule has 0 heterocycles. The highest BCUT2D eigenvalue weighted by Crippen LogP contribution is 2.52. The van der Waals surface area contributed by atoms with Gasteiger partial charge in [-0.05, 0) is 25.7 Å². The van der Waals surface area contributed by atoms with Crippen molar-refractivity contribution in [3.63, 3.8) is 0 Å². The molecule has 0 radical (unpaired) electrons. The van der Waals surface area contributed by atoms with Gasteiger partial charge in [-0.2, -0.15) is 0 Å². The number of hydrogen-bond acceptors (Lipinski definition) is 1. The van der Waals surface area contributed by atoms with Crippen LogP contribution >= 0.6 is 0 Å². The lowest BCUT2D eigenvalue weighted by Gasteiger charge is -2.14. The Morgan fingerprint density at radius 3 is 1.89 bits per heavy atom. The van der Waals surface area contributed by atoms with Gasteiger partial charge in [-0.1, -0.05) is 13.8 Å². The van der Waals surface area contributed by atoms with Crippen molar-refractivity contribution >= 4 is 5.78 Å². The summed E-state index contributed by atoms with van der Waals surface area (Å²) in [5, 5.41) is 0. The highest BCUT2D eigenvalue weighted by atomic mass is 16.1. The van der Waals surface area contributed by atoms with Gasteiger partial charge in [-0.3, -0.25) is 4.79 Å². The van der Waals surface area contributed by atoms with Crippen LogP contribution in [0.4, 0.5) is 0 Å². The minimum atomic E-state index is 0.111. The van der Waals surface area contributed by atoms with Crippen LogP contribution in [0.5, 0.6) is 0 Å². The molecule has 0 aromatic heterocycles. The molecule has 0 bridgehead atoms. The summed E-state index contributed by atoms with van der Waals surface area (Å²) in [6.07, 6.45) is 2.25. The number of carbonyl (C=O) groups is 1. The highest BCUT2D eigenvalue weighted by Gasteiger charge is 2.49. The fourth-order valence-electron chi connectivity index (χ4n) is 1.47. The minimum absolute atomic E-state index is 0.111.